The van der Waals surface area contributed by atoms with Gasteiger partial charge in [0.2, 0.25) is 0 Å². The molecule has 0 bridgehead atoms. The zero-order chi connectivity index (χ0) is 28.6. The lowest BCUT2D eigenvalue weighted by atomic mass is 9.93. The van der Waals surface area contributed by atoms with Gasteiger partial charge < -0.3 is 14.8 Å². The normalized spacial score (nSPS) is 11.7. The van der Waals surface area contributed by atoms with Crippen LogP contribution in [0.15, 0.2) is 48.5 Å². The third-order valence-corrected chi connectivity index (χ3v) is 7.49. The van der Waals surface area contributed by atoms with Crippen LogP contribution in [0.4, 0.5) is 0 Å². The topological polar surface area (TPSA) is 88.2 Å². The number of aromatic nitrogens is 3. The first-order valence-corrected chi connectivity index (χ1v) is 14.0. The highest BCUT2D eigenvalue weighted by Crippen LogP contribution is 2.41. The molecule has 5 rings (SSSR count). The van der Waals surface area contributed by atoms with Crippen molar-refractivity contribution in [3.05, 3.63) is 70.5 Å². The van der Waals surface area contributed by atoms with Crippen LogP contribution in [0.5, 0.6) is 0 Å². The first kappa shape index (κ1) is 28.7. The second-order valence-corrected chi connectivity index (χ2v) is 12.4. The highest BCUT2D eigenvalue weighted by atomic mass is 35.5. The van der Waals surface area contributed by atoms with Gasteiger partial charge in [-0.2, -0.15) is 0 Å². The Balaban J connectivity index is 0.000000648. The number of carboxylic acid groups (broad SMARTS) is 1. The van der Waals surface area contributed by atoms with Crippen molar-refractivity contribution in [2.45, 2.75) is 66.5 Å². The van der Waals surface area contributed by atoms with E-state index in [2.05, 4.69) is 36.6 Å². The molecule has 204 valence electrons. The van der Waals surface area contributed by atoms with Gasteiger partial charge in [0.25, 0.3) is 0 Å². The van der Waals surface area contributed by atoms with E-state index in [1.165, 1.54) is 0 Å². The van der Waals surface area contributed by atoms with Crippen molar-refractivity contribution in [3.8, 4) is 21.7 Å². The summed E-state index contributed by atoms with van der Waals surface area (Å²) in [5, 5.41) is 19.6. The summed E-state index contributed by atoms with van der Waals surface area (Å²) in [6.45, 7) is 13.5. The molecule has 2 aromatic heterocycles. The van der Waals surface area contributed by atoms with Gasteiger partial charge in [-0.1, -0.05) is 23.7 Å². The largest absolute Gasteiger partial charge is 0.481 e. The number of halogens is 1. The highest BCUT2D eigenvalue weighted by molar-refractivity contribution is 7.22. The number of carboxylic acids is 1. The minimum Gasteiger partial charge on any atom is -0.481 e. The van der Waals surface area contributed by atoms with E-state index >= 15 is 0 Å². The number of aryl methyl sites for hydroxylation is 2. The molecule has 2 N–H and O–H groups in total. The number of imidazole rings is 1. The van der Waals surface area contributed by atoms with E-state index < -0.39 is 11.6 Å². The molecule has 0 saturated carbocycles. The van der Waals surface area contributed by atoms with Gasteiger partial charge in [-0.05, 0) is 102 Å². The Hall–Kier alpha value is -3.26. The van der Waals surface area contributed by atoms with E-state index in [0.29, 0.717) is 11.1 Å². The maximum Gasteiger partial charge on any atom is 0.307 e. The monoisotopic (exact) mass is 563 g/mol. The Kier molecular flexibility index (Phi) is 8.17. The molecule has 0 radical (unpaired) electrons. The second-order valence-electron chi connectivity index (χ2n) is 11.0. The van der Waals surface area contributed by atoms with Crippen LogP contribution in [0, 0.1) is 13.8 Å². The van der Waals surface area contributed by atoms with Gasteiger partial charge >= 0.3 is 5.97 Å². The number of hydrogen-bond donors (Lipinski definition) is 2. The molecule has 2 heterocycles. The molecule has 0 saturated heterocycles. The summed E-state index contributed by atoms with van der Waals surface area (Å²) in [4.78, 5) is 21.4. The van der Waals surface area contributed by atoms with E-state index in [1.807, 2.05) is 44.2 Å². The van der Waals surface area contributed by atoms with Crippen molar-refractivity contribution in [2.75, 3.05) is 0 Å². The number of benzene rings is 3. The number of nitrogens with zero attached hydrogens (tertiary/aromatic N) is 3. The molecule has 3 aromatic carbocycles. The Labute approximate surface area is 237 Å². The van der Waals surface area contributed by atoms with Gasteiger partial charge in [0.15, 0.2) is 0 Å². The first-order valence-electron chi connectivity index (χ1n) is 12.8. The Bertz CT molecular complexity index is 1660. The molecule has 5 aromatic rings. The summed E-state index contributed by atoms with van der Waals surface area (Å²) in [6, 6.07) is 16.2. The summed E-state index contributed by atoms with van der Waals surface area (Å²) in [5.74, 6) is 0.134. The number of fused-ring (bicyclic) bond motifs is 2. The molecular formula is C31H34ClN3O3S. The highest BCUT2D eigenvalue weighted by Gasteiger charge is 2.20. The van der Waals surface area contributed by atoms with E-state index in [4.69, 9.17) is 26.7 Å². The molecule has 0 aliphatic carbocycles. The summed E-state index contributed by atoms with van der Waals surface area (Å²) in [5.41, 5.74) is 6.99. The minimum atomic E-state index is -0.857. The maximum absolute atomic E-state index is 11.7. The van der Waals surface area contributed by atoms with Crippen molar-refractivity contribution in [1.82, 2.24) is 14.5 Å². The number of aliphatic hydroxyl groups is 1. The lowest BCUT2D eigenvalue weighted by Crippen LogP contribution is -2.10. The van der Waals surface area contributed by atoms with E-state index in [0.717, 1.165) is 59.9 Å². The van der Waals surface area contributed by atoms with Gasteiger partial charge in [-0.3, -0.25) is 4.79 Å². The standard InChI is InChI=1S/C27H24ClN3O2S.C4H10O/c1-14(2)31-16(4)29-21-12-18(7-10-23(21)31)27-30-22-11-15(3)20(13-24(32)33)25(26(22)34-27)17-5-8-19(28)9-6-17;1-4(2,3)5/h5-12,14H,13H2,1-4H3,(H,32,33);5H,1-3H3. The first-order chi connectivity index (χ1) is 18.2. The van der Waals surface area contributed by atoms with E-state index in [1.54, 1.807) is 32.1 Å². The number of rotatable bonds is 5. The predicted molar refractivity (Wildman–Crippen MR) is 162 cm³/mol. The van der Waals surface area contributed by atoms with Crippen molar-refractivity contribution >= 4 is 50.2 Å². The van der Waals surface area contributed by atoms with Gasteiger partial charge in [-0.15, -0.1) is 11.3 Å². The maximum atomic E-state index is 11.7. The lowest BCUT2D eigenvalue weighted by Gasteiger charge is -2.13. The van der Waals surface area contributed by atoms with E-state index in [9.17, 15) is 9.90 Å². The Morgan fingerprint density at radius 2 is 1.62 bits per heavy atom. The predicted octanol–water partition coefficient (Wildman–Crippen LogP) is 8.24. The average molecular weight is 564 g/mol. The molecule has 0 aliphatic rings. The third-order valence-electron chi connectivity index (χ3n) is 6.10. The molecule has 0 atom stereocenters. The van der Waals surface area contributed by atoms with Crippen molar-refractivity contribution in [3.63, 3.8) is 0 Å². The molecule has 0 fully saturated rings. The molecule has 0 amide bonds. The minimum absolute atomic E-state index is 0.0508. The smallest absolute Gasteiger partial charge is 0.307 e. The van der Waals surface area contributed by atoms with Crippen LogP contribution in [-0.4, -0.2) is 36.3 Å². The van der Waals surface area contributed by atoms with Gasteiger partial charge in [0.1, 0.15) is 10.8 Å². The number of carbonyl (C=O) groups is 1. The lowest BCUT2D eigenvalue weighted by molar-refractivity contribution is -0.136. The van der Waals surface area contributed by atoms with Gasteiger partial charge in [-0.25, -0.2) is 9.97 Å². The average Bonchev–Trinajstić information content (AvgIpc) is 3.38. The Morgan fingerprint density at radius 1 is 1.00 bits per heavy atom. The van der Waals surface area contributed by atoms with Crippen LogP contribution in [0.1, 0.15) is 57.6 Å². The number of hydrogen-bond acceptors (Lipinski definition) is 5. The van der Waals surface area contributed by atoms with Gasteiger partial charge in [0, 0.05) is 22.2 Å². The van der Waals surface area contributed by atoms with Crippen LogP contribution >= 0.6 is 22.9 Å². The van der Waals surface area contributed by atoms with Gasteiger partial charge in [0.05, 0.1) is 33.3 Å². The number of thiazole rings is 1. The van der Waals surface area contributed by atoms with Crippen LogP contribution < -0.4 is 0 Å². The summed E-state index contributed by atoms with van der Waals surface area (Å²) < 4.78 is 3.21. The van der Waals surface area contributed by atoms with Crippen LogP contribution in [-0.2, 0) is 11.2 Å². The molecule has 0 unspecified atom stereocenters. The van der Waals surface area contributed by atoms with Crippen LogP contribution in [0.25, 0.3) is 42.9 Å². The fraction of sp³-hybridized carbons (Fsp3) is 0.323. The van der Waals surface area contributed by atoms with Crippen molar-refractivity contribution in [2.24, 2.45) is 0 Å². The zero-order valence-corrected chi connectivity index (χ0v) is 24.9. The van der Waals surface area contributed by atoms with E-state index in [-0.39, 0.29) is 6.42 Å². The third kappa shape index (κ3) is 6.49. The summed E-state index contributed by atoms with van der Waals surface area (Å²) >= 11 is 7.71. The molecule has 0 aliphatic heterocycles. The molecular weight excluding hydrogens is 530 g/mol. The van der Waals surface area contributed by atoms with Crippen molar-refractivity contribution < 1.29 is 15.0 Å². The molecule has 6 nitrogen and oxygen atoms in total. The fourth-order valence-electron chi connectivity index (χ4n) is 4.66. The molecule has 39 heavy (non-hydrogen) atoms. The second kappa shape index (κ2) is 11.1. The van der Waals surface area contributed by atoms with Crippen LogP contribution in [0.3, 0.4) is 0 Å². The molecule has 0 spiro atoms. The van der Waals surface area contributed by atoms with Crippen LogP contribution in [0.2, 0.25) is 5.02 Å². The summed E-state index contributed by atoms with van der Waals surface area (Å²) in [6.07, 6.45) is -0.0508. The van der Waals surface area contributed by atoms with Crippen molar-refractivity contribution in [1.29, 1.82) is 0 Å². The Morgan fingerprint density at radius 3 is 2.21 bits per heavy atom. The fourth-order valence-corrected chi connectivity index (χ4v) is 5.92. The quantitative estimate of drug-likeness (QED) is 0.225. The zero-order valence-electron chi connectivity index (χ0n) is 23.3. The summed E-state index contributed by atoms with van der Waals surface area (Å²) in [7, 11) is 0. The SMILES string of the molecule is CC(C)(C)O.Cc1cc2nc(-c3ccc4c(c3)nc(C)n4C(C)C)sc2c(-c2ccc(Cl)cc2)c1CC(=O)O. The molecule has 8 heteroatoms. The number of aliphatic carboxylic acids is 1.